The number of rotatable bonds is 4. The smallest absolute Gasteiger partial charge is 0.0948 e. The van der Waals surface area contributed by atoms with Gasteiger partial charge in [0.1, 0.15) is 0 Å². The van der Waals surface area contributed by atoms with Gasteiger partial charge in [-0.3, -0.25) is 0 Å². The summed E-state index contributed by atoms with van der Waals surface area (Å²) in [5.41, 5.74) is 3.56. The van der Waals surface area contributed by atoms with Gasteiger partial charge in [-0.25, -0.2) is 4.98 Å². The summed E-state index contributed by atoms with van der Waals surface area (Å²) in [7, 11) is 0. The Hall–Kier alpha value is -1.29. The summed E-state index contributed by atoms with van der Waals surface area (Å²) in [6, 6.07) is 6.29. The van der Waals surface area contributed by atoms with Crippen molar-refractivity contribution in [3.8, 4) is 0 Å². The standard InChI is InChI=1S/C13H16BrN3/c1-3-17-9-15-7-11(17)8-16-13-6-10(2)4-5-12(13)14/h4-7,9,16H,3,8H2,1-2H3. The monoisotopic (exact) mass is 293 g/mol. The lowest BCUT2D eigenvalue weighted by atomic mass is 10.2. The van der Waals surface area contributed by atoms with Crippen molar-refractivity contribution in [1.29, 1.82) is 0 Å². The fourth-order valence-corrected chi connectivity index (χ4v) is 2.13. The molecule has 1 heterocycles. The molecule has 0 aliphatic heterocycles. The fourth-order valence-electron chi connectivity index (χ4n) is 1.74. The number of nitrogens with zero attached hydrogens (tertiary/aromatic N) is 2. The van der Waals surface area contributed by atoms with Gasteiger partial charge in [-0.2, -0.15) is 0 Å². The molecular formula is C13H16BrN3. The van der Waals surface area contributed by atoms with Crippen LogP contribution < -0.4 is 5.32 Å². The second kappa shape index (κ2) is 5.36. The first-order chi connectivity index (χ1) is 8.20. The molecule has 0 atom stereocenters. The van der Waals surface area contributed by atoms with Crippen molar-refractivity contribution in [1.82, 2.24) is 9.55 Å². The first kappa shape index (κ1) is 12.2. The zero-order valence-corrected chi connectivity index (χ0v) is 11.7. The molecule has 1 aromatic carbocycles. The van der Waals surface area contributed by atoms with E-state index in [1.807, 2.05) is 12.5 Å². The molecular weight excluding hydrogens is 278 g/mol. The van der Waals surface area contributed by atoms with Gasteiger partial charge in [0.2, 0.25) is 0 Å². The molecule has 17 heavy (non-hydrogen) atoms. The maximum atomic E-state index is 4.16. The van der Waals surface area contributed by atoms with Crippen LogP contribution >= 0.6 is 15.9 Å². The molecule has 3 nitrogen and oxygen atoms in total. The molecule has 0 aliphatic carbocycles. The minimum absolute atomic E-state index is 0.788. The number of anilines is 1. The van der Waals surface area contributed by atoms with Crippen LogP contribution in [0.3, 0.4) is 0 Å². The van der Waals surface area contributed by atoms with E-state index in [-0.39, 0.29) is 0 Å². The van der Waals surface area contributed by atoms with E-state index in [0.717, 1.165) is 23.2 Å². The normalized spacial score (nSPS) is 10.5. The van der Waals surface area contributed by atoms with Crippen molar-refractivity contribution in [2.45, 2.75) is 26.9 Å². The number of nitrogens with one attached hydrogen (secondary N) is 1. The average molecular weight is 294 g/mol. The van der Waals surface area contributed by atoms with Crippen LogP contribution in [0.2, 0.25) is 0 Å². The minimum atomic E-state index is 0.788. The van der Waals surface area contributed by atoms with Crippen LogP contribution in [0, 0.1) is 6.92 Å². The minimum Gasteiger partial charge on any atom is -0.378 e. The quantitative estimate of drug-likeness (QED) is 0.934. The molecule has 1 N–H and O–H groups in total. The number of aryl methyl sites for hydroxylation is 2. The van der Waals surface area contributed by atoms with E-state index >= 15 is 0 Å². The Bertz CT molecular complexity index is 505. The van der Waals surface area contributed by atoms with E-state index in [0.29, 0.717) is 0 Å². The van der Waals surface area contributed by atoms with Crippen LogP contribution in [-0.2, 0) is 13.1 Å². The van der Waals surface area contributed by atoms with Crippen LogP contribution in [0.1, 0.15) is 18.2 Å². The molecule has 0 saturated heterocycles. The molecule has 0 radical (unpaired) electrons. The number of hydrogen-bond donors (Lipinski definition) is 1. The van der Waals surface area contributed by atoms with Crippen LogP contribution in [0.15, 0.2) is 35.2 Å². The predicted octanol–water partition coefficient (Wildman–Crippen LogP) is 3.59. The number of benzene rings is 1. The van der Waals surface area contributed by atoms with Crippen LogP contribution in [-0.4, -0.2) is 9.55 Å². The van der Waals surface area contributed by atoms with Crippen LogP contribution in [0.5, 0.6) is 0 Å². The van der Waals surface area contributed by atoms with Crippen molar-refractivity contribution in [2.75, 3.05) is 5.32 Å². The van der Waals surface area contributed by atoms with E-state index in [4.69, 9.17) is 0 Å². The summed E-state index contributed by atoms with van der Waals surface area (Å²) in [5, 5.41) is 3.42. The van der Waals surface area contributed by atoms with Gasteiger partial charge in [0.05, 0.1) is 18.6 Å². The highest BCUT2D eigenvalue weighted by Crippen LogP contribution is 2.23. The van der Waals surface area contributed by atoms with E-state index in [2.05, 4.69) is 62.8 Å². The van der Waals surface area contributed by atoms with Crippen molar-refractivity contribution >= 4 is 21.6 Å². The third-order valence-corrected chi connectivity index (χ3v) is 3.41. The Labute approximate surface area is 110 Å². The lowest BCUT2D eigenvalue weighted by Crippen LogP contribution is -2.06. The number of hydrogen-bond acceptors (Lipinski definition) is 2. The number of imidazole rings is 1. The van der Waals surface area contributed by atoms with Crippen molar-refractivity contribution in [3.63, 3.8) is 0 Å². The third kappa shape index (κ3) is 2.88. The maximum Gasteiger partial charge on any atom is 0.0948 e. The van der Waals surface area contributed by atoms with Gasteiger partial charge in [-0.15, -0.1) is 0 Å². The van der Waals surface area contributed by atoms with Crippen molar-refractivity contribution < 1.29 is 0 Å². The van der Waals surface area contributed by atoms with Crippen LogP contribution in [0.25, 0.3) is 0 Å². The predicted molar refractivity (Wildman–Crippen MR) is 74.1 cm³/mol. The molecule has 4 heteroatoms. The third-order valence-electron chi connectivity index (χ3n) is 2.72. The molecule has 0 saturated carbocycles. The summed E-state index contributed by atoms with van der Waals surface area (Å²) in [4.78, 5) is 4.16. The summed E-state index contributed by atoms with van der Waals surface area (Å²) in [6.45, 7) is 5.95. The largest absolute Gasteiger partial charge is 0.378 e. The topological polar surface area (TPSA) is 29.9 Å². The molecule has 2 aromatic rings. The van der Waals surface area contributed by atoms with Gasteiger partial charge >= 0.3 is 0 Å². The Morgan fingerprint density at radius 3 is 3.00 bits per heavy atom. The number of aromatic nitrogens is 2. The SMILES string of the molecule is CCn1cncc1CNc1cc(C)ccc1Br. The lowest BCUT2D eigenvalue weighted by molar-refractivity contribution is 0.719. The van der Waals surface area contributed by atoms with Crippen LogP contribution in [0.4, 0.5) is 5.69 Å². The van der Waals surface area contributed by atoms with Gasteiger partial charge in [0, 0.05) is 22.9 Å². The second-order valence-corrected chi connectivity index (χ2v) is 4.86. The highest BCUT2D eigenvalue weighted by atomic mass is 79.9. The maximum absolute atomic E-state index is 4.16. The van der Waals surface area contributed by atoms with E-state index in [9.17, 15) is 0 Å². The summed E-state index contributed by atoms with van der Waals surface area (Å²) < 4.78 is 3.22. The first-order valence-electron chi connectivity index (χ1n) is 5.69. The zero-order valence-electron chi connectivity index (χ0n) is 10.1. The molecule has 0 amide bonds. The van der Waals surface area contributed by atoms with Gasteiger partial charge in [-0.05, 0) is 47.5 Å². The highest BCUT2D eigenvalue weighted by molar-refractivity contribution is 9.10. The van der Waals surface area contributed by atoms with E-state index in [1.54, 1.807) is 0 Å². The Kier molecular flexibility index (Phi) is 3.84. The molecule has 0 bridgehead atoms. The van der Waals surface area contributed by atoms with E-state index < -0.39 is 0 Å². The summed E-state index contributed by atoms with van der Waals surface area (Å²) in [6.07, 6.45) is 3.77. The molecule has 0 fully saturated rings. The molecule has 1 aromatic heterocycles. The molecule has 0 spiro atoms. The Balaban J connectivity index is 2.09. The molecule has 90 valence electrons. The lowest BCUT2D eigenvalue weighted by Gasteiger charge is -2.10. The fraction of sp³-hybridized carbons (Fsp3) is 0.308. The van der Waals surface area contributed by atoms with Gasteiger partial charge in [-0.1, -0.05) is 6.07 Å². The molecule has 0 unspecified atom stereocenters. The Morgan fingerprint density at radius 1 is 1.41 bits per heavy atom. The summed E-state index contributed by atoms with van der Waals surface area (Å²) >= 11 is 3.55. The Morgan fingerprint density at radius 2 is 2.24 bits per heavy atom. The van der Waals surface area contributed by atoms with Crippen molar-refractivity contribution in [2.24, 2.45) is 0 Å². The zero-order chi connectivity index (χ0) is 12.3. The van der Waals surface area contributed by atoms with Gasteiger partial charge in [0.25, 0.3) is 0 Å². The first-order valence-corrected chi connectivity index (χ1v) is 6.49. The summed E-state index contributed by atoms with van der Waals surface area (Å²) in [5.74, 6) is 0. The van der Waals surface area contributed by atoms with Crippen molar-refractivity contribution in [3.05, 3.63) is 46.5 Å². The van der Waals surface area contributed by atoms with Gasteiger partial charge in [0.15, 0.2) is 0 Å². The second-order valence-electron chi connectivity index (χ2n) is 4.01. The molecule has 2 rings (SSSR count). The highest BCUT2D eigenvalue weighted by Gasteiger charge is 2.03. The molecule has 0 aliphatic rings. The van der Waals surface area contributed by atoms with Gasteiger partial charge < -0.3 is 9.88 Å². The average Bonchev–Trinajstić information content (AvgIpc) is 2.77. The van der Waals surface area contributed by atoms with E-state index in [1.165, 1.54) is 11.3 Å². The number of halogens is 1.